The van der Waals surface area contributed by atoms with Crippen molar-refractivity contribution in [2.45, 2.75) is 11.4 Å². The first-order chi connectivity index (χ1) is 9.91. The average Bonchev–Trinajstić information content (AvgIpc) is 2.47. The van der Waals surface area contributed by atoms with Gasteiger partial charge in [0, 0.05) is 52.5 Å². The number of nitrogens with zero attached hydrogens (tertiary/aromatic N) is 3. The van der Waals surface area contributed by atoms with E-state index < -0.39 is 10.0 Å². The molecule has 118 valence electrons. The maximum Gasteiger partial charge on any atom is 0.250 e. The molecule has 1 aromatic heterocycles. The molecule has 0 N–H and O–H groups in total. The number of pyridine rings is 1. The molecule has 1 aliphatic rings. The van der Waals surface area contributed by atoms with Crippen LogP contribution in [0.25, 0.3) is 0 Å². The Morgan fingerprint density at radius 2 is 1.86 bits per heavy atom. The van der Waals surface area contributed by atoms with Gasteiger partial charge >= 0.3 is 0 Å². The minimum atomic E-state index is -3.52. The van der Waals surface area contributed by atoms with Gasteiger partial charge in [0.15, 0.2) is 0 Å². The monoisotopic (exact) mass is 315 g/mol. The van der Waals surface area contributed by atoms with E-state index in [0.717, 1.165) is 17.4 Å². The lowest BCUT2D eigenvalue weighted by atomic mass is 10.4. The highest BCUT2D eigenvalue weighted by molar-refractivity contribution is 7.89. The van der Waals surface area contributed by atoms with E-state index in [4.69, 9.17) is 4.74 Å². The minimum absolute atomic E-state index is 0.133. The Morgan fingerprint density at radius 1 is 1.19 bits per heavy atom. The van der Waals surface area contributed by atoms with Crippen molar-refractivity contribution in [3.63, 3.8) is 0 Å². The molecule has 1 aliphatic heterocycles. The van der Waals surface area contributed by atoms with Crippen molar-refractivity contribution in [1.82, 2.24) is 13.8 Å². The maximum atomic E-state index is 12.1. The lowest BCUT2D eigenvalue weighted by Crippen LogP contribution is -2.39. The van der Waals surface area contributed by atoms with Gasteiger partial charge in [0.25, 0.3) is 5.56 Å². The molecule has 1 aromatic rings. The summed E-state index contributed by atoms with van der Waals surface area (Å²) in [6, 6.07) is 2.65. The van der Waals surface area contributed by atoms with Crippen molar-refractivity contribution in [3.05, 3.63) is 28.7 Å². The van der Waals surface area contributed by atoms with Gasteiger partial charge in [0.1, 0.15) is 0 Å². The van der Waals surface area contributed by atoms with Crippen LogP contribution in [0.5, 0.6) is 0 Å². The predicted octanol–water partition coefficient (Wildman–Crippen LogP) is -0.569. The van der Waals surface area contributed by atoms with Crippen LogP contribution in [0.4, 0.5) is 0 Å². The largest absolute Gasteiger partial charge is 0.379 e. The second-order valence-electron chi connectivity index (χ2n) is 5.14. The van der Waals surface area contributed by atoms with Gasteiger partial charge in [-0.2, -0.15) is 0 Å². The van der Waals surface area contributed by atoms with Gasteiger partial charge in [0.05, 0.1) is 18.1 Å². The molecule has 2 rings (SSSR count). The Morgan fingerprint density at radius 3 is 2.48 bits per heavy atom. The Bertz CT molecular complexity index is 633. The Labute approximate surface area is 124 Å². The molecule has 0 spiro atoms. The highest BCUT2D eigenvalue weighted by atomic mass is 32.2. The molecule has 0 saturated carbocycles. The van der Waals surface area contributed by atoms with Crippen molar-refractivity contribution >= 4 is 10.0 Å². The van der Waals surface area contributed by atoms with E-state index in [-0.39, 0.29) is 10.5 Å². The zero-order chi connectivity index (χ0) is 15.5. The zero-order valence-electron chi connectivity index (χ0n) is 12.4. The van der Waals surface area contributed by atoms with E-state index in [1.54, 1.807) is 0 Å². The molecule has 7 nitrogen and oxygen atoms in total. The van der Waals surface area contributed by atoms with Gasteiger partial charge in [-0.05, 0) is 6.07 Å². The summed E-state index contributed by atoms with van der Waals surface area (Å²) in [5, 5.41) is 0. The summed E-state index contributed by atoms with van der Waals surface area (Å²) in [4.78, 5) is 14.2. The summed E-state index contributed by atoms with van der Waals surface area (Å²) in [5.41, 5.74) is -0.194. The average molecular weight is 315 g/mol. The highest BCUT2D eigenvalue weighted by Gasteiger charge is 2.18. The molecule has 1 saturated heterocycles. The van der Waals surface area contributed by atoms with Crippen molar-refractivity contribution in [1.29, 1.82) is 0 Å². The molecule has 0 aromatic carbocycles. The number of ether oxygens (including phenoxy) is 1. The molecule has 0 radical (unpaired) electrons. The molecule has 0 aliphatic carbocycles. The molecule has 0 amide bonds. The topological polar surface area (TPSA) is 71.9 Å². The van der Waals surface area contributed by atoms with Gasteiger partial charge in [-0.3, -0.25) is 9.69 Å². The standard InChI is InChI=1S/C13H21N3O4S/c1-14(2)21(18,19)12-3-4-13(17)16(11-12)6-5-15-7-9-20-10-8-15/h3-4,11H,5-10H2,1-2H3. The second-order valence-corrected chi connectivity index (χ2v) is 7.29. The Kier molecular flexibility index (Phi) is 5.15. The third kappa shape index (κ3) is 3.91. The van der Waals surface area contributed by atoms with Gasteiger partial charge in [-0.15, -0.1) is 0 Å². The van der Waals surface area contributed by atoms with Crippen molar-refractivity contribution in [2.75, 3.05) is 46.9 Å². The summed E-state index contributed by atoms with van der Waals surface area (Å²) >= 11 is 0. The summed E-state index contributed by atoms with van der Waals surface area (Å²) < 4.78 is 32.0. The van der Waals surface area contributed by atoms with E-state index in [2.05, 4.69) is 4.90 Å². The Balaban J connectivity index is 2.14. The Hall–Kier alpha value is -1.22. The van der Waals surface area contributed by atoms with Gasteiger partial charge in [-0.25, -0.2) is 12.7 Å². The molecule has 1 fully saturated rings. The van der Waals surface area contributed by atoms with E-state index in [9.17, 15) is 13.2 Å². The van der Waals surface area contributed by atoms with E-state index in [1.807, 2.05) is 0 Å². The van der Waals surface area contributed by atoms with Gasteiger partial charge in [0.2, 0.25) is 10.0 Å². The fourth-order valence-electron chi connectivity index (χ4n) is 2.12. The van der Waals surface area contributed by atoms with Gasteiger partial charge in [-0.1, -0.05) is 0 Å². The first-order valence-electron chi connectivity index (χ1n) is 6.84. The summed E-state index contributed by atoms with van der Waals surface area (Å²) in [6.45, 7) is 4.24. The van der Waals surface area contributed by atoms with Crippen LogP contribution in [0.15, 0.2) is 28.0 Å². The fourth-order valence-corrected chi connectivity index (χ4v) is 3.04. The molecule has 0 unspecified atom stereocenters. The van der Waals surface area contributed by atoms with E-state index in [1.165, 1.54) is 37.0 Å². The van der Waals surface area contributed by atoms with Crippen LogP contribution >= 0.6 is 0 Å². The van der Waals surface area contributed by atoms with Crippen LogP contribution in [0.3, 0.4) is 0 Å². The predicted molar refractivity (Wildman–Crippen MR) is 78.8 cm³/mol. The minimum Gasteiger partial charge on any atom is -0.379 e. The summed E-state index contributed by atoms with van der Waals surface area (Å²) in [6.07, 6.45) is 1.41. The molecule has 8 heteroatoms. The number of hydrogen-bond acceptors (Lipinski definition) is 5. The number of sulfonamides is 1. The van der Waals surface area contributed by atoms with Crippen LogP contribution in [0, 0.1) is 0 Å². The third-order valence-electron chi connectivity index (χ3n) is 3.50. The van der Waals surface area contributed by atoms with Crippen LogP contribution in [-0.2, 0) is 21.3 Å². The fraction of sp³-hybridized carbons (Fsp3) is 0.615. The lowest BCUT2D eigenvalue weighted by molar-refractivity contribution is 0.0362. The first kappa shape index (κ1) is 16.2. The third-order valence-corrected chi connectivity index (χ3v) is 5.29. The normalized spacial score (nSPS) is 17.3. The number of hydrogen-bond donors (Lipinski definition) is 0. The first-order valence-corrected chi connectivity index (χ1v) is 8.28. The number of rotatable bonds is 5. The smallest absolute Gasteiger partial charge is 0.250 e. The van der Waals surface area contributed by atoms with Crippen molar-refractivity contribution in [3.8, 4) is 0 Å². The number of aromatic nitrogens is 1. The molecular formula is C13H21N3O4S. The van der Waals surface area contributed by atoms with E-state index >= 15 is 0 Å². The SMILES string of the molecule is CN(C)S(=O)(=O)c1ccc(=O)n(CCN2CCOCC2)c1. The molecule has 21 heavy (non-hydrogen) atoms. The van der Waals surface area contributed by atoms with Crippen LogP contribution in [-0.4, -0.2) is 69.1 Å². The van der Waals surface area contributed by atoms with Crippen LogP contribution in [0.1, 0.15) is 0 Å². The quantitative estimate of drug-likeness (QED) is 0.728. The second kappa shape index (κ2) is 6.69. The molecular weight excluding hydrogens is 294 g/mol. The summed E-state index contributed by atoms with van der Waals surface area (Å²) in [7, 11) is -0.578. The molecule has 2 heterocycles. The highest BCUT2D eigenvalue weighted by Crippen LogP contribution is 2.10. The lowest BCUT2D eigenvalue weighted by Gasteiger charge is -2.26. The van der Waals surface area contributed by atoms with Gasteiger partial charge < -0.3 is 9.30 Å². The summed E-state index contributed by atoms with van der Waals surface area (Å²) in [5.74, 6) is 0. The molecule has 0 bridgehead atoms. The van der Waals surface area contributed by atoms with Crippen LogP contribution < -0.4 is 5.56 Å². The van der Waals surface area contributed by atoms with Crippen LogP contribution in [0.2, 0.25) is 0 Å². The zero-order valence-corrected chi connectivity index (χ0v) is 13.2. The van der Waals surface area contributed by atoms with E-state index in [0.29, 0.717) is 26.3 Å². The molecule has 0 atom stereocenters. The van der Waals surface area contributed by atoms with Crippen molar-refractivity contribution < 1.29 is 13.2 Å². The van der Waals surface area contributed by atoms with Crippen molar-refractivity contribution in [2.24, 2.45) is 0 Å². The maximum absolute atomic E-state index is 12.1. The number of morpholine rings is 1.